The summed E-state index contributed by atoms with van der Waals surface area (Å²) in [6.45, 7) is 4.70. The number of aryl methyl sites for hydroxylation is 1. The lowest BCUT2D eigenvalue weighted by atomic mass is 9.89. The maximum atomic E-state index is 5.80. The van der Waals surface area contributed by atoms with Crippen molar-refractivity contribution in [1.29, 1.82) is 0 Å². The fraction of sp³-hybridized carbons (Fsp3) is 0.647. The molecule has 0 unspecified atom stereocenters. The molecular formula is C17H25NO2. The quantitative estimate of drug-likeness (QED) is 0.846. The Kier molecular flexibility index (Phi) is 4.11. The van der Waals surface area contributed by atoms with E-state index in [2.05, 4.69) is 43.1 Å². The van der Waals surface area contributed by atoms with Crippen LogP contribution in [0.2, 0.25) is 0 Å². The van der Waals surface area contributed by atoms with Crippen molar-refractivity contribution in [2.45, 2.75) is 51.0 Å². The summed E-state index contributed by atoms with van der Waals surface area (Å²) in [5, 5.41) is 0. The predicted molar refractivity (Wildman–Crippen MR) is 79.5 cm³/mol. The lowest BCUT2D eigenvalue weighted by Crippen LogP contribution is -2.42. The number of rotatable bonds is 3. The van der Waals surface area contributed by atoms with Gasteiger partial charge in [-0.25, -0.2) is 0 Å². The largest absolute Gasteiger partial charge is 0.348 e. The molecular weight excluding hydrogens is 250 g/mol. The minimum atomic E-state index is -0.235. The zero-order valence-electron chi connectivity index (χ0n) is 12.6. The Labute approximate surface area is 121 Å². The van der Waals surface area contributed by atoms with Crippen LogP contribution in [0.3, 0.4) is 0 Å². The predicted octanol–water partition coefficient (Wildman–Crippen LogP) is 3.11. The second-order valence-electron chi connectivity index (χ2n) is 6.24. The van der Waals surface area contributed by atoms with Crippen molar-refractivity contribution in [3.05, 3.63) is 35.4 Å². The van der Waals surface area contributed by atoms with E-state index in [9.17, 15) is 0 Å². The summed E-state index contributed by atoms with van der Waals surface area (Å²) in [7, 11) is 2.23. The second-order valence-corrected chi connectivity index (χ2v) is 6.24. The average Bonchev–Trinajstić information content (AvgIpc) is 2.90. The summed E-state index contributed by atoms with van der Waals surface area (Å²) in [4.78, 5) is 2.48. The first-order valence-corrected chi connectivity index (χ1v) is 7.71. The van der Waals surface area contributed by atoms with Gasteiger partial charge in [-0.1, -0.05) is 29.8 Å². The maximum absolute atomic E-state index is 5.80. The third kappa shape index (κ3) is 3.05. The molecule has 20 heavy (non-hydrogen) atoms. The highest BCUT2D eigenvalue weighted by atomic mass is 16.7. The van der Waals surface area contributed by atoms with E-state index in [-0.39, 0.29) is 5.79 Å². The topological polar surface area (TPSA) is 21.7 Å². The van der Waals surface area contributed by atoms with Crippen molar-refractivity contribution in [2.24, 2.45) is 0 Å². The Morgan fingerprint density at radius 2 is 1.70 bits per heavy atom. The summed E-state index contributed by atoms with van der Waals surface area (Å²) in [6.07, 6.45) is 4.41. The Hall–Kier alpha value is -0.900. The molecule has 0 aromatic heterocycles. The molecule has 1 heterocycles. The average molecular weight is 275 g/mol. The molecule has 3 nitrogen and oxygen atoms in total. The highest BCUT2D eigenvalue weighted by Crippen LogP contribution is 2.37. The first kappa shape index (κ1) is 14.1. The molecule has 1 aliphatic carbocycles. The molecule has 2 fully saturated rings. The molecule has 0 bridgehead atoms. The zero-order chi connectivity index (χ0) is 14.0. The Morgan fingerprint density at radius 1 is 1.10 bits per heavy atom. The van der Waals surface area contributed by atoms with Crippen LogP contribution in [0.5, 0.6) is 0 Å². The first-order valence-electron chi connectivity index (χ1n) is 7.71. The smallest absolute Gasteiger partial charge is 0.168 e. The van der Waals surface area contributed by atoms with Gasteiger partial charge < -0.3 is 9.47 Å². The summed E-state index contributed by atoms with van der Waals surface area (Å²) in [5.74, 6) is -0.235. The molecule has 3 heteroatoms. The van der Waals surface area contributed by atoms with Gasteiger partial charge in [0.05, 0.1) is 13.2 Å². The molecule has 3 rings (SSSR count). The zero-order valence-corrected chi connectivity index (χ0v) is 12.6. The number of hydrogen-bond donors (Lipinski definition) is 0. The number of benzene rings is 1. The standard InChI is InChI=1S/C17H25NO2/c1-14-3-5-15(6-4-14)13-18(2)16-7-9-17(10-8-16)19-11-12-20-17/h3-6,16H,7-13H2,1-2H3. The number of hydrogen-bond acceptors (Lipinski definition) is 3. The third-order valence-electron chi connectivity index (χ3n) is 4.71. The molecule has 1 saturated carbocycles. The SMILES string of the molecule is Cc1ccc(CN(C)C2CCC3(CC2)OCCO3)cc1. The molecule has 1 aliphatic heterocycles. The van der Waals surface area contributed by atoms with Crippen LogP contribution in [-0.4, -0.2) is 37.0 Å². The molecule has 0 N–H and O–H groups in total. The summed E-state index contributed by atoms with van der Waals surface area (Å²) >= 11 is 0. The molecule has 1 aromatic carbocycles. The number of nitrogens with zero attached hydrogens (tertiary/aromatic N) is 1. The van der Waals surface area contributed by atoms with Crippen molar-refractivity contribution < 1.29 is 9.47 Å². The molecule has 1 aromatic rings. The molecule has 1 saturated heterocycles. The maximum Gasteiger partial charge on any atom is 0.168 e. The molecule has 0 amide bonds. The van der Waals surface area contributed by atoms with Crippen LogP contribution in [0, 0.1) is 6.92 Å². The highest BCUT2D eigenvalue weighted by molar-refractivity contribution is 5.21. The van der Waals surface area contributed by atoms with Crippen molar-refractivity contribution in [3.8, 4) is 0 Å². The fourth-order valence-electron chi connectivity index (χ4n) is 3.38. The van der Waals surface area contributed by atoms with Gasteiger partial charge in [-0.3, -0.25) is 4.90 Å². The normalized spacial score (nSPS) is 22.8. The van der Waals surface area contributed by atoms with Crippen LogP contribution in [-0.2, 0) is 16.0 Å². The summed E-state index contributed by atoms with van der Waals surface area (Å²) in [5.41, 5.74) is 2.72. The van der Waals surface area contributed by atoms with Crippen molar-refractivity contribution in [1.82, 2.24) is 4.90 Å². The van der Waals surface area contributed by atoms with E-state index in [1.165, 1.54) is 24.0 Å². The molecule has 1 spiro atoms. The molecule has 0 atom stereocenters. The van der Waals surface area contributed by atoms with Gasteiger partial charge in [-0.05, 0) is 32.4 Å². The van der Waals surface area contributed by atoms with Gasteiger partial charge in [0.2, 0.25) is 0 Å². The summed E-state index contributed by atoms with van der Waals surface area (Å²) < 4.78 is 11.6. The van der Waals surface area contributed by atoms with Gasteiger partial charge in [-0.15, -0.1) is 0 Å². The van der Waals surface area contributed by atoms with Crippen molar-refractivity contribution >= 4 is 0 Å². The lowest BCUT2D eigenvalue weighted by Gasteiger charge is -2.39. The van der Waals surface area contributed by atoms with Crippen molar-refractivity contribution in [3.63, 3.8) is 0 Å². The van der Waals surface area contributed by atoms with Gasteiger partial charge in [0, 0.05) is 25.4 Å². The van der Waals surface area contributed by atoms with E-state index in [1.807, 2.05) is 0 Å². The fourth-order valence-corrected chi connectivity index (χ4v) is 3.38. The highest BCUT2D eigenvalue weighted by Gasteiger charge is 2.40. The lowest BCUT2D eigenvalue weighted by molar-refractivity contribution is -0.183. The molecule has 0 radical (unpaired) electrons. The van der Waals surface area contributed by atoms with E-state index < -0.39 is 0 Å². The minimum Gasteiger partial charge on any atom is -0.348 e. The van der Waals surface area contributed by atoms with E-state index in [1.54, 1.807) is 0 Å². The molecule has 110 valence electrons. The monoisotopic (exact) mass is 275 g/mol. The van der Waals surface area contributed by atoms with E-state index in [0.717, 1.165) is 32.6 Å². The van der Waals surface area contributed by atoms with Gasteiger partial charge in [-0.2, -0.15) is 0 Å². The van der Waals surface area contributed by atoms with Crippen LogP contribution in [0.25, 0.3) is 0 Å². The number of ether oxygens (including phenoxy) is 2. The van der Waals surface area contributed by atoms with Gasteiger partial charge in [0.15, 0.2) is 5.79 Å². The third-order valence-corrected chi connectivity index (χ3v) is 4.71. The summed E-state index contributed by atoms with van der Waals surface area (Å²) in [6, 6.07) is 9.51. The Morgan fingerprint density at radius 3 is 2.30 bits per heavy atom. The van der Waals surface area contributed by atoms with Crippen LogP contribution >= 0.6 is 0 Å². The van der Waals surface area contributed by atoms with Gasteiger partial charge in [0.25, 0.3) is 0 Å². The second kappa shape index (κ2) is 5.84. The van der Waals surface area contributed by atoms with E-state index in [0.29, 0.717) is 6.04 Å². The van der Waals surface area contributed by atoms with Crippen molar-refractivity contribution in [2.75, 3.05) is 20.3 Å². The Bertz CT molecular complexity index is 427. The van der Waals surface area contributed by atoms with E-state index >= 15 is 0 Å². The van der Waals surface area contributed by atoms with Crippen LogP contribution < -0.4 is 0 Å². The minimum absolute atomic E-state index is 0.235. The van der Waals surface area contributed by atoms with E-state index in [4.69, 9.17) is 9.47 Å². The Balaban J connectivity index is 1.53. The van der Waals surface area contributed by atoms with Crippen LogP contribution in [0.15, 0.2) is 24.3 Å². The molecule has 2 aliphatic rings. The van der Waals surface area contributed by atoms with Crippen LogP contribution in [0.4, 0.5) is 0 Å². The first-order chi connectivity index (χ1) is 9.67. The van der Waals surface area contributed by atoms with Gasteiger partial charge in [0.1, 0.15) is 0 Å². The van der Waals surface area contributed by atoms with Gasteiger partial charge >= 0.3 is 0 Å². The van der Waals surface area contributed by atoms with Crippen LogP contribution in [0.1, 0.15) is 36.8 Å².